The summed E-state index contributed by atoms with van der Waals surface area (Å²) >= 11 is 7.44. The summed E-state index contributed by atoms with van der Waals surface area (Å²) in [6, 6.07) is 0. The molecule has 0 aliphatic rings. The van der Waals surface area contributed by atoms with Crippen LogP contribution in [0.4, 0.5) is 0 Å². The van der Waals surface area contributed by atoms with Crippen LogP contribution < -0.4 is 0 Å². The fourth-order valence-electron chi connectivity index (χ4n) is 0.286. The highest BCUT2D eigenvalue weighted by molar-refractivity contribution is 8.05. The lowest BCUT2D eigenvalue weighted by atomic mass is 10.4. The molecule has 0 aliphatic carbocycles. The molecule has 0 fully saturated rings. The topological polar surface area (TPSA) is 21.4 Å². The fourth-order valence-corrected chi connectivity index (χ4v) is 0.701. The third-order valence-electron chi connectivity index (χ3n) is 0.657. The van der Waals surface area contributed by atoms with Gasteiger partial charge < -0.3 is 4.79 Å². The lowest BCUT2D eigenvalue weighted by Crippen LogP contribution is -1.90. The van der Waals surface area contributed by atoms with E-state index in [1.54, 1.807) is 0 Å². The maximum atomic E-state index is 10.4. The van der Waals surface area contributed by atoms with Gasteiger partial charge >= 0.3 is 0 Å². The summed E-state index contributed by atoms with van der Waals surface area (Å²) in [5, 5.41) is 0. The second kappa shape index (κ2) is 3.59. The van der Waals surface area contributed by atoms with Gasteiger partial charge in [-0.2, -0.15) is 0 Å². The van der Waals surface area contributed by atoms with Crippen LogP contribution in [0.2, 0.25) is 0 Å². The number of ketones is 1. The van der Waals surface area contributed by atoms with Crippen LogP contribution in [0.1, 0.15) is 6.92 Å². The number of hydrogen-bond donors (Lipinski definition) is 2. The first-order chi connectivity index (χ1) is 4.09. The summed E-state index contributed by atoms with van der Waals surface area (Å²) < 4.78 is 0.178. The summed E-state index contributed by atoms with van der Waals surface area (Å²) in [6.45, 7) is 7.77. The van der Waals surface area contributed by atoms with Gasteiger partial charge in [0.1, 0.15) is 0 Å². The van der Waals surface area contributed by atoms with Crippen molar-refractivity contribution in [2.24, 2.45) is 0 Å². The largest absolute Gasteiger partial charge is 0.308 e. The number of rotatable bonds is 1. The van der Waals surface area contributed by atoms with Gasteiger partial charge in [0.15, 0.2) is 5.78 Å². The first-order valence-corrected chi connectivity index (χ1v) is 2.99. The molecule has 0 saturated carbocycles. The second-order valence-corrected chi connectivity index (χ2v) is 2.59. The molecule has 0 saturated heterocycles. The fraction of sp³-hybridized carbons (Fsp3) is 0.200. The summed E-state index contributed by atoms with van der Waals surface area (Å²) in [7, 11) is 0. The van der Waals surface area contributed by atoms with E-state index in [0.717, 1.165) is 0 Å². The van der Waals surface area contributed by atoms with Crippen LogP contribution in [-0.2, 0) is 4.79 Å². The number of nitrogens with zero attached hydrogens (tertiary/aromatic N) is 1. The van der Waals surface area contributed by atoms with E-state index in [2.05, 4.69) is 30.1 Å². The van der Waals surface area contributed by atoms with E-state index in [9.17, 15) is 4.79 Å². The number of hydrogen-bond acceptors (Lipinski definition) is 3. The molecule has 0 rings (SSSR count). The first kappa shape index (κ1) is 8.60. The van der Waals surface area contributed by atoms with Crippen LogP contribution >= 0.6 is 25.3 Å². The van der Waals surface area contributed by atoms with Crippen molar-refractivity contribution < 1.29 is 4.79 Å². The van der Waals surface area contributed by atoms with Crippen molar-refractivity contribution in [3.63, 3.8) is 0 Å². The SMILES string of the molecule is [C-]#[N+]C(C(C)=O)=C(S)S. The smallest absolute Gasteiger partial charge is 0.247 e. The third kappa shape index (κ3) is 2.59. The van der Waals surface area contributed by atoms with E-state index in [-0.39, 0.29) is 15.7 Å². The van der Waals surface area contributed by atoms with Crippen LogP contribution in [0.3, 0.4) is 0 Å². The Kier molecular flexibility index (Phi) is 3.43. The Bertz CT molecular complexity index is 197. The summed E-state index contributed by atoms with van der Waals surface area (Å²) in [5.41, 5.74) is -0.0123. The van der Waals surface area contributed by atoms with Crippen molar-refractivity contribution in [2.75, 3.05) is 0 Å². The standard InChI is InChI=1S/C5H5NOS2/c1-3(7)4(6-2)5(8)9/h8-9H,1H3. The lowest BCUT2D eigenvalue weighted by molar-refractivity contribution is -0.113. The molecule has 0 heterocycles. The molecule has 0 aromatic rings. The maximum absolute atomic E-state index is 10.4. The van der Waals surface area contributed by atoms with Gasteiger partial charge in [0.2, 0.25) is 5.70 Å². The number of carbonyl (C=O) groups is 1. The molecule has 0 aromatic carbocycles. The summed E-state index contributed by atoms with van der Waals surface area (Å²) in [6.07, 6.45) is 0. The molecule has 0 spiro atoms. The zero-order chi connectivity index (χ0) is 7.44. The molecule has 0 aliphatic heterocycles. The van der Waals surface area contributed by atoms with Crippen LogP contribution in [0, 0.1) is 6.57 Å². The van der Waals surface area contributed by atoms with Crippen molar-refractivity contribution in [3.8, 4) is 0 Å². The summed E-state index contributed by atoms with van der Waals surface area (Å²) in [4.78, 5) is 13.4. The van der Waals surface area contributed by atoms with Gasteiger partial charge in [0, 0.05) is 4.24 Å². The van der Waals surface area contributed by atoms with Crippen molar-refractivity contribution >= 4 is 31.0 Å². The zero-order valence-electron chi connectivity index (χ0n) is 4.75. The van der Waals surface area contributed by atoms with E-state index in [0.29, 0.717) is 0 Å². The Morgan fingerprint density at radius 3 is 2.00 bits per heavy atom. The van der Waals surface area contributed by atoms with Gasteiger partial charge in [-0.25, -0.2) is 4.85 Å². The van der Waals surface area contributed by atoms with E-state index < -0.39 is 0 Å². The molecule has 9 heavy (non-hydrogen) atoms. The number of Topliss-reactive ketones (excluding diaryl/α,β-unsaturated/α-hetero) is 1. The quantitative estimate of drug-likeness (QED) is 0.338. The Hall–Kier alpha value is -0.400. The van der Waals surface area contributed by atoms with Crippen molar-refractivity contribution in [1.29, 1.82) is 0 Å². The molecule has 0 N–H and O–H groups in total. The lowest BCUT2D eigenvalue weighted by Gasteiger charge is -1.89. The molecule has 0 atom stereocenters. The van der Waals surface area contributed by atoms with E-state index in [4.69, 9.17) is 6.57 Å². The molecule has 0 bridgehead atoms. The Labute approximate surface area is 64.6 Å². The molecule has 0 amide bonds. The molecular formula is C5H5NOS2. The summed E-state index contributed by atoms with van der Waals surface area (Å²) in [5.74, 6) is -0.301. The average molecular weight is 159 g/mol. The number of carbonyl (C=O) groups excluding carboxylic acids is 1. The normalized spacial score (nSPS) is 7.78. The van der Waals surface area contributed by atoms with Crippen LogP contribution in [-0.4, -0.2) is 5.78 Å². The first-order valence-electron chi connectivity index (χ1n) is 2.10. The molecule has 4 heteroatoms. The molecule has 0 unspecified atom stereocenters. The molecule has 0 aromatic heterocycles. The second-order valence-electron chi connectivity index (χ2n) is 1.34. The van der Waals surface area contributed by atoms with Crippen LogP contribution in [0.15, 0.2) is 9.93 Å². The monoisotopic (exact) mass is 159 g/mol. The minimum absolute atomic E-state index is 0.0123. The Balaban J connectivity index is 4.62. The number of allylic oxidation sites excluding steroid dienone is 1. The Morgan fingerprint density at radius 1 is 1.56 bits per heavy atom. The van der Waals surface area contributed by atoms with Gasteiger partial charge in [-0.3, -0.25) is 0 Å². The van der Waals surface area contributed by atoms with E-state index in [1.807, 2.05) is 0 Å². The van der Waals surface area contributed by atoms with E-state index >= 15 is 0 Å². The molecule has 2 nitrogen and oxygen atoms in total. The van der Waals surface area contributed by atoms with Gasteiger partial charge in [0.25, 0.3) is 0 Å². The maximum Gasteiger partial charge on any atom is 0.247 e. The Morgan fingerprint density at radius 2 is 2.00 bits per heavy atom. The highest BCUT2D eigenvalue weighted by atomic mass is 32.2. The van der Waals surface area contributed by atoms with Gasteiger partial charge in [-0.1, -0.05) is 0 Å². The van der Waals surface area contributed by atoms with Crippen molar-refractivity contribution in [3.05, 3.63) is 21.4 Å². The highest BCUT2D eigenvalue weighted by Gasteiger charge is 2.04. The van der Waals surface area contributed by atoms with E-state index in [1.165, 1.54) is 6.92 Å². The minimum Gasteiger partial charge on any atom is -0.308 e. The van der Waals surface area contributed by atoms with Crippen molar-refractivity contribution in [2.45, 2.75) is 6.92 Å². The predicted molar refractivity (Wildman–Crippen MR) is 42.3 cm³/mol. The molecule has 48 valence electrons. The predicted octanol–water partition coefficient (Wildman–Crippen LogP) is 1.52. The highest BCUT2D eigenvalue weighted by Crippen LogP contribution is 2.14. The van der Waals surface area contributed by atoms with Crippen LogP contribution in [0.25, 0.3) is 4.85 Å². The molecule has 0 radical (unpaired) electrons. The van der Waals surface area contributed by atoms with Crippen LogP contribution in [0.5, 0.6) is 0 Å². The number of thiol groups is 2. The van der Waals surface area contributed by atoms with Gasteiger partial charge in [-0.05, 0) is 6.92 Å². The average Bonchev–Trinajstić information content (AvgIpc) is 1.64. The van der Waals surface area contributed by atoms with Gasteiger partial charge in [0.05, 0.1) is 6.57 Å². The third-order valence-corrected chi connectivity index (χ3v) is 1.08. The molecular weight excluding hydrogens is 154 g/mol. The van der Waals surface area contributed by atoms with Gasteiger partial charge in [-0.15, -0.1) is 25.3 Å². The zero-order valence-corrected chi connectivity index (χ0v) is 6.54. The minimum atomic E-state index is -0.301. The van der Waals surface area contributed by atoms with Crippen molar-refractivity contribution in [1.82, 2.24) is 0 Å².